The standard InChI is InChI=1S/C15H28F3N/c1-14(2,3)12-8-6-11(7-9-12)13(19)5-4-10-15(16,17)18/h11-13H,4-10,19H2,1-3H3. The number of nitrogens with two attached hydrogens (primary N) is 1. The molecule has 0 aromatic rings. The van der Waals surface area contributed by atoms with E-state index in [1.54, 1.807) is 0 Å². The first-order valence-electron chi connectivity index (χ1n) is 7.42. The van der Waals surface area contributed by atoms with Crippen LogP contribution in [0.4, 0.5) is 13.2 Å². The Balaban J connectivity index is 2.27. The van der Waals surface area contributed by atoms with Crippen LogP contribution in [-0.4, -0.2) is 12.2 Å². The summed E-state index contributed by atoms with van der Waals surface area (Å²) >= 11 is 0. The zero-order valence-electron chi connectivity index (χ0n) is 12.4. The first-order valence-corrected chi connectivity index (χ1v) is 7.42. The highest BCUT2D eigenvalue weighted by atomic mass is 19.4. The molecule has 19 heavy (non-hydrogen) atoms. The molecule has 0 heterocycles. The number of alkyl halides is 3. The number of hydrogen-bond donors (Lipinski definition) is 1. The van der Waals surface area contributed by atoms with Gasteiger partial charge >= 0.3 is 6.18 Å². The number of rotatable bonds is 4. The molecule has 1 rings (SSSR count). The Morgan fingerprint density at radius 1 is 1.05 bits per heavy atom. The van der Waals surface area contributed by atoms with E-state index >= 15 is 0 Å². The second-order valence-electron chi connectivity index (χ2n) is 7.15. The number of hydrogen-bond acceptors (Lipinski definition) is 1. The quantitative estimate of drug-likeness (QED) is 0.778. The van der Waals surface area contributed by atoms with E-state index in [1.807, 2.05) is 0 Å². The van der Waals surface area contributed by atoms with Gasteiger partial charge in [-0.2, -0.15) is 13.2 Å². The lowest BCUT2D eigenvalue weighted by molar-refractivity contribution is -0.135. The molecule has 1 nitrogen and oxygen atoms in total. The molecule has 4 heteroatoms. The zero-order valence-corrected chi connectivity index (χ0v) is 12.4. The van der Waals surface area contributed by atoms with Crippen LogP contribution in [0.2, 0.25) is 0 Å². The summed E-state index contributed by atoms with van der Waals surface area (Å²) in [5, 5.41) is 0. The van der Waals surface area contributed by atoms with Crippen LogP contribution in [0.25, 0.3) is 0 Å². The minimum absolute atomic E-state index is 0.0525. The van der Waals surface area contributed by atoms with Crippen LogP contribution in [0, 0.1) is 17.3 Å². The van der Waals surface area contributed by atoms with Gasteiger partial charge in [0, 0.05) is 12.5 Å². The molecule has 0 aromatic heterocycles. The van der Waals surface area contributed by atoms with Crippen molar-refractivity contribution in [1.29, 1.82) is 0 Å². The molecule has 0 aliphatic heterocycles. The fraction of sp³-hybridized carbons (Fsp3) is 1.00. The Kier molecular flexibility index (Phi) is 5.72. The summed E-state index contributed by atoms with van der Waals surface area (Å²) in [4.78, 5) is 0. The largest absolute Gasteiger partial charge is 0.389 e. The van der Waals surface area contributed by atoms with E-state index in [4.69, 9.17) is 5.73 Å². The van der Waals surface area contributed by atoms with Gasteiger partial charge in [0.05, 0.1) is 0 Å². The maximum atomic E-state index is 12.1. The van der Waals surface area contributed by atoms with Crippen LogP contribution in [0.3, 0.4) is 0 Å². The smallest absolute Gasteiger partial charge is 0.327 e. The van der Waals surface area contributed by atoms with Crippen LogP contribution in [0.5, 0.6) is 0 Å². The molecule has 1 aliphatic rings. The Morgan fingerprint density at radius 2 is 1.58 bits per heavy atom. The van der Waals surface area contributed by atoms with Gasteiger partial charge in [-0.1, -0.05) is 20.8 Å². The molecule has 2 N–H and O–H groups in total. The van der Waals surface area contributed by atoms with Gasteiger partial charge in [0.25, 0.3) is 0 Å². The van der Waals surface area contributed by atoms with Gasteiger partial charge < -0.3 is 5.73 Å². The molecule has 0 aromatic carbocycles. The molecule has 1 aliphatic carbocycles. The van der Waals surface area contributed by atoms with Crippen molar-refractivity contribution in [3.63, 3.8) is 0 Å². The van der Waals surface area contributed by atoms with Crippen molar-refractivity contribution in [3.8, 4) is 0 Å². The van der Waals surface area contributed by atoms with E-state index in [-0.39, 0.29) is 12.5 Å². The predicted octanol–water partition coefficient (Wildman–Crippen LogP) is 4.90. The van der Waals surface area contributed by atoms with Crippen molar-refractivity contribution in [2.24, 2.45) is 23.0 Å². The van der Waals surface area contributed by atoms with Crippen molar-refractivity contribution in [3.05, 3.63) is 0 Å². The predicted molar refractivity (Wildman–Crippen MR) is 72.8 cm³/mol. The average molecular weight is 279 g/mol. The lowest BCUT2D eigenvalue weighted by atomic mass is 9.68. The highest BCUT2D eigenvalue weighted by molar-refractivity contribution is 4.84. The minimum Gasteiger partial charge on any atom is -0.327 e. The summed E-state index contributed by atoms with van der Waals surface area (Å²) in [6.45, 7) is 6.80. The van der Waals surface area contributed by atoms with Gasteiger partial charge in [-0.25, -0.2) is 0 Å². The third-order valence-corrected chi connectivity index (χ3v) is 4.60. The van der Waals surface area contributed by atoms with Gasteiger partial charge in [-0.05, 0) is 55.8 Å². The Labute approximate surface area is 115 Å². The summed E-state index contributed by atoms with van der Waals surface area (Å²) in [7, 11) is 0. The first-order chi connectivity index (χ1) is 8.59. The molecule has 1 fully saturated rings. The molecule has 0 saturated heterocycles. The molecule has 0 radical (unpaired) electrons. The third kappa shape index (κ3) is 6.15. The molecular weight excluding hydrogens is 251 g/mol. The average Bonchev–Trinajstić information content (AvgIpc) is 2.26. The van der Waals surface area contributed by atoms with Gasteiger partial charge in [-0.15, -0.1) is 0 Å². The molecule has 114 valence electrons. The minimum atomic E-state index is -4.04. The lowest BCUT2D eigenvalue weighted by Crippen LogP contribution is -2.35. The summed E-state index contributed by atoms with van der Waals surface area (Å²) in [5.74, 6) is 1.15. The van der Waals surface area contributed by atoms with Crippen molar-refractivity contribution in [2.75, 3.05) is 0 Å². The van der Waals surface area contributed by atoms with E-state index in [2.05, 4.69) is 20.8 Å². The molecule has 1 saturated carbocycles. The van der Waals surface area contributed by atoms with Crippen molar-refractivity contribution < 1.29 is 13.2 Å². The normalized spacial score (nSPS) is 27.3. The van der Waals surface area contributed by atoms with Crippen LogP contribution in [0.15, 0.2) is 0 Å². The third-order valence-electron chi connectivity index (χ3n) is 4.60. The summed E-state index contributed by atoms with van der Waals surface area (Å²) in [6.07, 6.45) is 0.433. The Morgan fingerprint density at radius 3 is 2.00 bits per heavy atom. The molecule has 1 unspecified atom stereocenters. The van der Waals surface area contributed by atoms with E-state index in [0.29, 0.717) is 17.8 Å². The van der Waals surface area contributed by atoms with Crippen LogP contribution in [0.1, 0.15) is 65.7 Å². The fourth-order valence-electron chi connectivity index (χ4n) is 3.19. The van der Waals surface area contributed by atoms with E-state index in [0.717, 1.165) is 18.8 Å². The van der Waals surface area contributed by atoms with Crippen LogP contribution in [-0.2, 0) is 0 Å². The topological polar surface area (TPSA) is 26.0 Å². The van der Waals surface area contributed by atoms with E-state index in [1.165, 1.54) is 12.8 Å². The molecule has 0 spiro atoms. The van der Waals surface area contributed by atoms with E-state index < -0.39 is 12.6 Å². The van der Waals surface area contributed by atoms with Crippen molar-refractivity contribution >= 4 is 0 Å². The molecular formula is C15H28F3N. The molecule has 0 bridgehead atoms. The van der Waals surface area contributed by atoms with Gasteiger partial charge in [-0.3, -0.25) is 0 Å². The highest BCUT2D eigenvalue weighted by Gasteiger charge is 2.32. The van der Waals surface area contributed by atoms with E-state index in [9.17, 15) is 13.2 Å². The van der Waals surface area contributed by atoms with Crippen LogP contribution < -0.4 is 5.73 Å². The van der Waals surface area contributed by atoms with Crippen molar-refractivity contribution in [2.45, 2.75) is 77.9 Å². The number of halogens is 3. The monoisotopic (exact) mass is 279 g/mol. The Bertz CT molecular complexity index is 260. The highest BCUT2D eigenvalue weighted by Crippen LogP contribution is 2.41. The molecule has 1 atom stereocenters. The van der Waals surface area contributed by atoms with Gasteiger partial charge in [0.2, 0.25) is 0 Å². The Hall–Kier alpha value is -0.250. The summed E-state index contributed by atoms with van der Waals surface area (Å²) < 4.78 is 36.3. The zero-order chi connectivity index (χ0) is 14.7. The SMILES string of the molecule is CC(C)(C)C1CCC(C(N)CCCC(F)(F)F)CC1. The maximum Gasteiger partial charge on any atom is 0.389 e. The summed E-state index contributed by atoms with van der Waals surface area (Å²) in [6, 6.07) is -0.0525. The first kappa shape index (κ1) is 16.8. The van der Waals surface area contributed by atoms with Gasteiger partial charge in [0.1, 0.15) is 0 Å². The maximum absolute atomic E-state index is 12.1. The second kappa shape index (κ2) is 6.47. The lowest BCUT2D eigenvalue weighted by Gasteiger charge is -2.38. The van der Waals surface area contributed by atoms with Crippen LogP contribution >= 0.6 is 0 Å². The summed E-state index contributed by atoms with van der Waals surface area (Å²) in [5.41, 5.74) is 6.40. The molecule has 0 amide bonds. The second-order valence-corrected chi connectivity index (χ2v) is 7.15. The van der Waals surface area contributed by atoms with Crippen molar-refractivity contribution in [1.82, 2.24) is 0 Å². The van der Waals surface area contributed by atoms with Gasteiger partial charge in [0.15, 0.2) is 0 Å². The fourth-order valence-corrected chi connectivity index (χ4v) is 3.19.